The van der Waals surface area contributed by atoms with Crippen LogP contribution in [0.25, 0.3) is 21.6 Å². The highest BCUT2D eigenvalue weighted by molar-refractivity contribution is 7.16. The zero-order valence-corrected chi connectivity index (χ0v) is 20.4. The summed E-state index contributed by atoms with van der Waals surface area (Å²) in [7, 11) is 1.82. The van der Waals surface area contributed by atoms with E-state index in [-0.39, 0.29) is 29.3 Å². The van der Waals surface area contributed by atoms with Gasteiger partial charge < -0.3 is 19.5 Å². The summed E-state index contributed by atoms with van der Waals surface area (Å²) in [5, 5.41) is 14.1. The van der Waals surface area contributed by atoms with Crippen molar-refractivity contribution in [3.63, 3.8) is 0 Å². The maximum absolute atomic E-state index is 13.4. The summed E-state index contributed by atoms with van der Waals surface area (Å²) in [4.78, 5) is 36.1. The smallest absolute Gasteiger partial charge is 0.305 e. The molecule has 3 heterocycles. The highest BCUT2D eigenvalue weighted by atomic mass is 32.1. The van der Waals surface area contributed by atoms with E-state index < -0.39 is 0 Å². The second-order valence-electron chi connectivity index (χ2n) is 9.01. The number of fused-ring (bicyclic) bond motifs is 1. The number of hydrogen-bond acceptors (Lipinski definition) is 8. The molecule has 1 aliphatic heterocycles. The van der Waals surface area contributed by atoms with Crippen LogP contribution in [0.1, 0.15) is 29.5 Å². The van der Waals surface area contributed by atoms with E-state index in [2.05, 4.69) is 20.0 Å². The molecule has 2 aromatic heterocycles. The molecule has 2 aromatic carbocycles. The summed E-state index contributed by atoms with van der Waals surface area (Å²) < 4.78 is 6.01. The van der Waals surface area contributed by atoms with Crippen molar-refractivity contribution in [2.75, 3.05) is 26.7 Å². The van der Waals surface area contributed by atoms with Crippen molar-refractivity contribution >= 4 is 27.5 Å². The van der Waals surface area contributed by atoms with Crippen LogP contribution in [0.3, 0.4) is 0 Å². The predicted octanol–water partition coefficient (Wildman–Crippen LogP) is 2.76. The lowest BCUT2D eigenvalue weighted by Gasteiger charge is -2.32. The maximum atomic E-state index is 13.4. The minimum absolute atomic E-state index is 0.0347. The second kappa shape index (κ2) is 9.73. The molecule has 182 valence electrons. The van der Waals surface area contributed by atoms with Gasteiger partial charge in [0.2, 0.25) is 17.6 Å². The summed E-state index contributed by atoms with van der Waals surface area (Å²) in [6.07, 6.45) is 0.600. The molecule has 10 heteroatoms. The number of likely N-dealkylation sites (N-methyl/N-ethyl adjacent to an activating group) is 1. The Hall–Kier alpha value is -3.34. The van der Waals surface area contributed by atoms with Gasteiger partial charge in [0.15, 0.2) is 0 Å². The van der Waals surface area contributed by atoms with Crippen LogP contribution >= 0.6 is 11.3 Å². The Bertz CT molecular complexity index is 1410. The molecule has 2 atom stereocenters. The van der Waals surface area contributed by atoms with Crippen molar-refractivity contribution in [3.8, 4) is 11.4 Å². The molecule has 0 radical (unpaired) electrons. The number of aromatic amines is 1. The maximum Gasteiger partial charge on any atom is 0.305 e. The molecule has 1 amide bonds. The van der Waals surface area contributed by atoms with Crippen LogP contribution < -0.4 is 4.87 Å². The lowest BCUT2D eigenvalue weighted by Crippen LogP contribution is -2.39. The summed E-state index contributed by atoms with van der Waals surface area (Å²) in [5.74, 6) is 0.962. The quantitative estimate of drug-likeness (QED) is 0.407. The van der Waals surface area contributed by atoms with Crippen LogP contribution in [0.4, 0.5) is 0 Å². The number of carbonyl (C=O) groups excluding carboxylic acids is 1. The number of thiazole rings is 1. The van der Waals surface area contributed by atoms with E-state index in [0.717, 1.165) is 51.2 Å². The van der Waals surface area contributed by atoms with E-state index in [4.69, 9.17) is 4.52 Å². The van der Waals surface area contributed by atoms with Crippen molar-refractivity contribution < 1.29 is 14.4 Å². The largest absolute Gasteiger partial charge is 0.392 e. The third-order valence-electron chi connectivity index (χ3n) is 6.44. The Morgan fingerprint density at radius 2 is 2.20 bits per heavy atom. The van der Waals surface area contributed by atoms with E-state index in [1.807, 2.05) is 49.5 Å². The number of aliphatic hydroxyl groups excluding tert-OH is 1. The number of rotatable bonds is 7. The standard InChI is InChI=1S/C25H27N5O4S/c1-15-26-24(28-34-15)18-5-3-4-17(12-18)21(14-30-9-8-19(31)13-30)29(2)23(32)11-16-6-7-22-20(10-16)27-25(33)35-22/h3-7,10,12,19,21,31H,8-9,11,13-14H2,1-2H3,(H,27,33)/t19?,21-/m1/s1. The summed E-state index contributed by atoms with van der Waals surface area (Å²) in [5.41, 5.74) is 3.37. The number of nitrogens with one attached hydrogen (secondary N) is 1. The van der Waals surface area contributed by atoms with Gasteiger partial charge in [0.1, 0.15) is 0 Å². The minimum atomic E-state index is -0.343. The van der Waals surface area contributed by atoms with Crippen LogP contribution in [0.15, 0.2) is 51.8 Å². The van der Waals surface area contributed by atoms with Gasteiger partial charge in [-0.05, 0) is 35.7 Å². The first kappa shape index (κ1) is 23.4. The molecule has 1 unspecified atom stereocenters. The predicted molar refractivity (Wildman–Crippen MR) is 133 cm³/mol. The average Bonchev–Trinajstić information content (AvgIpc) is 3.56. The number of β-amino-alcohol motifs (C(OH)–C–C–N with tert-alkyl or cyclic N) is 1. The lowest BCUT2D eigenvalue weighted by atomic mass is 10.0. The fraction of sp³-hybridized carbons (Fsp3) is 0.360. The number of benzene rings is 2. The highest BCUT2D eigenvalue weighted by Gasteiger charge is 2.28. The van der Waals surface area contributed by atoms with Crippen LogP contribution in [0.5, 0.6) is 0 Å². The van der Waals surface area contributed by atoms with Crippen molar-refractivity contribution in [1.29, 1.82) is 0 Å². The number of aliphatic hydroxyl groups is 1. The van der Waals surface area contributed by atoms with E-state index in [9.17, 15) is 14.7 Å². The molecule has 1 aliphatic rings. The SMILES string of the molecule is Cc1nc(-c2cccc([C@@H](CN3CCC(O)C3)N(C)C(=O)Cc3ccc4sc(=O)[nH]c4c3)c2)no1. The number of aromatic nitrogens is 3. The first-order chi connectivity index (χ1) is 16.9. The normalized spacial score (nSPS) is 17.2. The molecule has 0 saturated carbocycles. The van der Waals surface area contributed by atoms with Gasteiger partial charge in [0, 0.05) is 39.2 Å². The van der Waals surface area contributed by atoms with E-state index in [0.29, 0.717) is 24.8 Å². The molecule has 1 saturated heterocycles. The van der Waals surface area contributed by atoms with Gasteiger partial charge in [-0.1, -0.05) is 40.8 Å². The molecular formula is C25H27N5O4S. The number of carbonyl (C=O) groups is 1. The van der Waals surface area contributed by atoms with Crippen LogP contribution in [-0.2, 0) is 11.2 Å². The van der Waals surface area contributed by atoms with E-state index in [1.54, 1.807) is 11.8 Å². The van der Waals surface area contributed by atoms with Crippen LogP contribution in [0.2, 0.25) is 0 Å². The van der Waals surface area contributed by atoms with Gasteiger partial charge in [-0.3, -0.25) is 14.5 Å². The molecule has 0 aliphatic carbocycles. The number of H-pyrrole nitrogens is 1. The minimum Gasteiger partial charge on any atom is -0.392 e. The number of nitrogens with zero attached hydrogens (tertiary/aromatic N) is 4. The first-order valence-electron chi connectivity index (χ1n) is 11.5. The van der Waals surface area contributed by atoms with Crippen LogP contribution in [-0.4, -0.2) is 68.7 Å². The van der Waals surface area contributed by atoms with Gasteiger partial charge in [0.25, 0.3) is 0 Å². The topological polar surface area (TPSA) is 116 Å². The van der Waals surface area contributed by atoms with Crippen molar-refractivity contribution in [1.82, 2.24) is 24.9 Å². The Morgan fingerprint density at radius 1 is 1.34 bits per heavy atom. The van der Waals surface area contributed by atoms with Crippen molar-refractivity contribution in [2.45, 2.75) is 31.9 Å². The molecule has 1 fully saturated rings. The molecule has 2 N–H and O–H groups in total. The Balaban J connectivity index is 1.41. The number of hydrogen-bond donors (Lipinski definition) is 2. The molecular weight excluding hydrogens is 466 g/mol. The Morgan fingerprint density at radius 3 is 2.94 bits per heavy atom. The molecule has 9 nitrogen and oxygen atoms in total. The van der Waals surface area contributed by atoms with Crippen molar-refractivity contribution in [2.24, 2.45) is 0 Å². The summed E-state index contributed by atoms with van der Waals surface area (Å²) in [6.45, 7) is 3.72. The number of likely N-dealkylation sites (tertiary alicyclic amines) is 1. The third kappa shape index (κ3) is 5.19. The lowest BCUT2D eigenvalue weighted by molar-refractivity contribution is -0.131. The fourth-order valence-corrected chi connectivity index (χ4v) is 5.27. The van der Waals surface area contributed by atoms with Crippen molar-refractivity contribution in [3.05, 3.63) is 69.1 Å². The van der Waals surface area contributed by atoms with Gasteiger partial charge in [-0.15, -0.1) is 0 Å². The molecule has 0 bridgehead atoms. The Labute approximate surface area is 206 Å². The Kier molecular flexibility index (Phi) is 6.50. The van der Waals surface area contributed by atoms with Gasteiger partial charge in [0.05, 0.1) is 28.8 Å². The van der Waals surface area contributed by atoms with Gasteiger partial charge in [-0.25, -0.2) is 0 Å². The monoisotopic (exact) mass is 493 g/mol. The van der Waals surface area contributed by atoms with E-state index >= 15 is 0 Å². The summed E-state index contributed by atoms with van der Waals surface area (Å²) >= 11 is 1.16. The zero-order valence-electron chi connectivity index (χ0n) is 19.6. The number of amides is 1. The van der Waals surface area contributed by atoms with Gasteiger partial charge in [-0.2, -0.15) is 4.98 Å². The number of aryl methyl sites for hydroxylation is 1. The fourth-order valence-electron chi connectivity index (χ4n) is 4.56. The molecule has 35 heavy (non-hydrogen) atoms. The van der Waals surface area contributed by atoms with E-state index in [1.165, 1.54) is 0 Å². The molecule has 5 rings (SSSR count). The van der Waals surface area contributed by atoms with Gasteiger partial charge >= 0.3 is 4.87 Å². The summed E-state index contributed by atoms with van der Waals surface area (Å²) in [6, 6.07) is 13.2. The average molecular weight is 494 g/mol. The molecule has 0 spiro atoms. The van der Waals surface area contributed by atoms with Crippen LogP contribution in [0, 0.1) is 6.92 Å². The highest BCUT2D eigenvalue weighted by Crippen LogP contribution is 2.28. The second-order valence-corrected chi connectivity index (χ2v) is 10.0. The first-order valence-corrected chi connectivity index (χ1v) is 12.4. The third-order valence-corrected chi connectivity index (χ3v) is 7.30. The zero-order chi connectivity index (χ0) is 24.5. The molecule has 4 aromatic rings.